The molecule has 1 aromatic carbocycles. The number of hydrogen-bond acceptors (Lipinski definition) is 1. The van der Waals surface area contributed by atoms with E-state index in [2.05, 4.69) is 36.5 Å². The SMILES string of the molecule is CCCNC(CCC1CC1)C1Cc2ccccc2C1. The van der Waals surface area contributed by atoms with Crippen LogP contribution in [0.4, 0.5) is 0 Å². The highest BCUT2D eigenvalue weighted by Gasteiger charge is 2.30. The first-order valence-electron chi connectivity index (χ1n) is 8.17. The van der Waals surface area contributed by atoms with Gasteiger partial charge in [0.1, 0.15) is 0 Å². The van der Waals surface area contributed by atoms with Gasteiger partial charge in [0.15, 0.2) is 0 Å². The molecule has 1 unspecified atom stereocenters. The summed E-state index contributed by atoms with van der Waals surface area (Å²) in [5.74, 6) is 1.90. The van der Waals surface area contributed by atoms with Gasteiger partial charge in [-0.05, 0) is 61.6 Å². The molecule has 0 aliphatic heterocycles. The monoisotopic (exact) mass is 257 g/mol. The maximum atomic E-state index is 3.83. The second-order valence-corrected chi connectivity index (χ2v) is 6.52. The predicted molar refractivity (Wildman–Crippen MR) is 81.4 cm³/mol. The normalized spacial score (nSPS) is 20.5. The third-order valence-electron chi connectivity index (χ3n) is 4.89. The van der Waals surface area contributed by atoms with Crippen molar-refractivity contribution in [1.29, 1.82) is 0 Å². The van der Waals surface area contributed by atoms with Crippen molar-refractivity contribution in [2.24, 2.45) is 11.8 Å². The Morgan fingerprint density at radius 1 is 1.16 bits per heavy atom. The van der Waals surface area contributed by atoms with Gasteiger partial charge in [-0.3, -0.25) is 0 Å². The summed E-state index contributed by atoms with van der Waals surface area (Å²) in [7, 11) is 0. The van der Waals surface area contributed by atoms with E-state index in [1.165, 1.54) is 51.5 Å². The molecule has 0 amide bonds. The van der Waals surface area contributed by atoms with Crippen LogP contribution in [0, 0.1) is 11.8 Å². The third kappa shape index (κ3) is 3.39. The van der Waals surface area contributed by atoms with E-state index < -0.39 is 0 Å². The van der Waals surface area contributed by atoms with Crippen LogP contribution in [0.5, 0.6) is 0 Å². The van der Waals surface area contributed by atoms with Gasteiger partial charge in [-0.15, -0.1) is 0 Å². The van der Waals surface area contributed by atoms with E-state index in [1.807, 2.05) is 0 Å². The molecule has 19 heavy (non-hydrogen) atoms. The molecule has 1 aromatic rings. The molecule has 1 saturated carbocycles. The lowest BCUT2D eigenvalue weighted by molar-refractivity contribution is 0.334. The Balaban J connectivity index is 1.59. The fraction of sp³-hybridized carbons (Fsp3) is 0.667. The van der Waals surface area contributed by atoms with Gasteiger partial charge in [0.05, 0.1) is 0 Å². The summed E-state index contributed by atoms with van der Waals surface area (Å²) >= 11 is 0. The van der Waals surface area contributed by atoms with Crippen molar-refractivity contribution in [2.75, 3.05) is 6.54 Å². The summed E-state index contributed by atoms with van der Waals surface area (Å²) in [5, 5.41) is 3.83. The Kier molecular flexibility index (Phi) is 4.22. The van der Waals surface area contributed by atoms with E-state index in [0.29, 0.717) is 0 Å². The summed E-state index contributed by atoms with van der Waals surface area (Å²) in [4.78, 5) is 0. The summed E-state index contributed by atoms with van der Waals surface area (Å²) < 4.78 is 0. The van der Waals surface area contributed by atoms with Crippen molar-refractivity contribution in [3.8, 4) is 0 Å². The molecule has 104 valence electrons. The number of rotatable bonds is 7. The van der Waals surface area contributed by atoms with Gasteiger partial charge >= 0.3 is 0 Å². The lowest BCUT2D eigenvalue weighted by Crippen LogP contribution is -2.37. The highest BCUT2D eigenvalue weighted by Crippen LogP contribution is 2.36. The molecule has 1 N–H and O–H groups in total. The largest absolute Gasteiger partial charge is 0.314 e. The highest BCUT2D eigenvalue weighted by atomic mass is 14.9. The smallest absolute Gasteiger partial charge is 0.0102 e. The minimum atomic E-state index is 0.743. The molecule has 1 atom stereocenters. The lowest BCUT2D eigenvalue weighted by Gasteiger charge is -2.25. The van der Waals surface area contributed by atoms with E-state index in [0.717, 1.165) is 17.9 Å². The molecule has 1 nitrogen and oxygen atoms in total. The minimum absolute atomic E-state index is 0.743. The zero-order valence-electron chi connectivity index (χ0n) is 12.2. The van der Waals surface area contributed by atoms with Crippen molar-refractivity contribution in [3.05, 3.63) is 35.4 Å². The number of fused-ring (bicyclic) bond motifs is 1. The average Bonchev–Trinajstić information content (AvgIpc) is 3.16. The second-order valence-electron chi connectivity index (χ2n) is 6.52. The fourth-order valence-corrected chi connectivity index (χ4v) is 3.53. The van der Waals surface area contributed by atoms with Gasteiger partial charge in [-0.25, -0.2) is 0 Å². The first-order valence-corrected chi connectivity index (χ1v) is 8.17. The van der Waals surface area contributed by atoms with E-state index >= 15 is 0 Å². The van der Waals surface area contributed by atoms with Crippen LogP contribution in [0.15, 0.2) is 24.3 Å². The van der Waals surface area contributed by atoms with Crippen LogP contribution in [0.2, 0.25) is 0 Å². The average molecular weight is 257 g/mol. The number of nitrogens with one attached hydrogen (secondary N) is 1. The lowest BCUT2D eigenvalue weighted by atomic mass is 9.92. The Morgan fingerprint density at radius 2 is 1.84 bits per heavy atom. The van der Waals surface area contributed by atoms with Gasteiger partial charge in [-0.1, -0.05) is 44.0 Å². The molecular formula is C18H27N. The maximum absolute atomic E-state index is 3.83. The Hall–Kier alpha value is -0.820. The Bertz CT molecular complexity index is 383. The predicted octanol–water partition coefficient (Wildman–Crippen LogP) is 3.96. The summed E-state index contributed by atoms with van der Waals surface area (Å²) in [6, 6.07) is 9.79. The van der Waals surface area contributed by atoms with Gasteiger partial charge in [0, 0.05) is 6.04 Å². The number of hydrogen-bond donors (Lipinski definition) is 1. The summed E-state index contributed by atoms with van der Waals surface area (Å²) in [6.07, 6.45) is 9.67. The van der Waals surface area contributed by atoms with Gasteiger partial charge in [0.25, 0.3) is 0 Å². The molecule has 0 aromatic heterocycles. The van der Waals surface area contributed by atoms with Gasteiger partial charge in [0.2, 0.25) is 0 Å². The van der Waals surface area contributed by atoms with Crippen molar-refractivity contribution in [1.82, 2.24) is 5.32 Å². The number of benzene rings is 1. The van der Waals surface area contributed by atoms with E-state index in [-0.39, 0.29) is 0 Å². The maximum Gasteiger partial charge on any atom is 0.0102 e. The first-order chi connectivity index (χ1) is 9.36. The zero-order valence-corrected chi connectivity index (χ0v) is 12.2. The molecule has 1 heteroatoms. The van der Waals surface area contributed by atoms with E-state index in [4.69, 9.17) is 0 Å². The third-order valence-corrected chi connectivity index (χ3v) is 4.89. The Morgan fingerprint density at radius 3 is 2.42 bits per heavy atom. The van der Waals surface area contributed by atoms with Crippen molar-refractivity contribution in [3.63, 3.8) is 0 Å². The van der Waals surface area contributed by atoms with Gasteiger partial charge in [-0.2, -0.15) is 0 Å². The molecule has 2 aliphatic carbocycles. The van der Waals surface area contributed by atoms with Crippen LogP contribution >= 0.6 is 0 Å². The van der Waals surface area contributed by atoms with Crippen LogP contribution < -0.4 is 5.32 Å². The van der Waals surface area contributed by atoms with Crippen molar-refractivity contribution >= 4 is 0 Å². The minimum Gasteiger partial charge on any atom is -0.314 e. The van der Waals surface area contributed by atoms with E-state index in [9.17, 15) is 0 Å². The van der Waals surface area contributed by atoms with Crippen LogP contribution in [0.3, 0.4) is 0 Å². The molecule has 0 bridgehead atoms. The standard InChI is InChI=1S/C18H27N/c1-2-11-19-18(10-9-14-7-8-14)17-12-15-5-3-4-6-16(15)13-17/h3-6,14,17-19H,2,7-13H2,1H3. The fourth-order valence-electron chi connectivity index (χ4n) is 3.53. The molecule has 0 spiro atoms. The van der Waals surface area contributed by atoms with Crippen LogP contribution in [-0.4, -0.2) is 12.6 Å². The molecule has 2 aliphatic rings. The zero-order chi connectivity index (χ0) is 13.1. The molecule has 1 fully saturated rings. The molecular weight excluding hydrogens is 230 g/mol. The summed E-state index contributed by atoms with van der Waals surface area (Å²) in [5.41, 5.74) is 3.20. The second kappa shape index (κ2) is 6.09. The quantitative estimate of drug-likeness (QED) is 0.779. The van der Waals surface area contributed by atoms with Crippen molar-refractivity contribution in [2.45, 2.75) is 57.9 Å². The first kappa shape index (κ1) is 13.2. The molecule has 3 rings (SSSR count). The van der Waals surface area contributed by atoms with Gasteiger partial charge < -0.3 is 5.32 Å². The van der Waals surface area contributed by atoms with Crippen LogP contribution in [-0.2, 0) is 12.8 Å². The van der Waals surface area contributed by atoms with Crippen molar-refractivity contribution < 1.29 is 0 Å². The topological polar surface area (TPSA) is 12.0 Å². The van der Waals surface area contributed by atoms with Crippen LogP contribution in [0.1, 0.15) is 50.2 Å². The van der Waals surface area contributed by atoms with Crippen LogP contribution in [0.25, 0.3) is 0 Å². The molecule has 0 radical (unpaired) electrons. The molecule has 0 saturated heterocycles. The highest BCUT2D eigenvalue weighted by molar-refractivity contribution is 5.32. The Labute approximate surface area is 117 Å². The van der Waals surface area contributed by atoms with E-state index in [1.54, 1.807) is 11.1 Å². The summed E-state index contributed by atoms with van der Waals surface area (Å²) in [6.45, 7) is 3.45. The molecule has 0 heterocycles.